The van der Waals surface area contributed by atoms with E-state index in [2.05, 4.69) is 10.1 Å². The molecule has 1 aromatic carbocycles. The monoisotopic (exact) mass is 327 g/mol. The minimum absolute atomic E-state index is 0.108. The van der Waals surface area contributed by atoms with Crippen molar-refractivity contribution < 1.29 is 19.1 Å². The second-order valence-corrected chi connectivity index (χ2v) is 5.99. The molecule has 24 heavy (non-hydrogen) atoms. The van der Waals surface area contributed by atoms with Crippen LogP contribution in [0, 0.1) is 6.92 Å². The predicted molar refractivity (Wildman–Crippen MR) is 85.8 cm³/mol. The van der Waals surface area contributed by atoms with Crippen molar-refractivity contribution in [3.63, 3.8) is 0 Å². The minimum Gasteiger partial charge on any atom is -0.480 e. The van der Waals surface area contributed by atoms with E-state index >= 15 is 0 Å². The largest absolute Gasteiger partial charge is 0.480 e. The van der Waals surface area contributed by atoms with Crippen LogP contribution >= 0.6 is 0 Å². The topological polar surface area (TPSA) is 90.4 Å². The van der Waals surface area contributed by atoms with Crippen LogP contribution in [0.15, 0.2) is 28.7 Å². The fraction of sp³-hybridized carbons (Fsp3) is 0.353. The van der Waals surface area contributed by atoms with Crippen LogP contribution in [-0.2, 0) is 16.1 Å². The first-order valence-electron chi connectivity index (χ1n) is 7.85. The first-order chi connectivity index (χ1) is 11.6. The van der Waals surface area contributed by atoms with Gasteiger partial charge >= 0.3 is 5.97 Å². The van der Waals surface area contributed by atoms with Crippen LogP contribution in [0.5, 0.6) is 0 Å². The fourth-order valence-electron chi connectivity index (χ4n) is 3.08. The van der Waals surface area contributed by atoms with Gasteiger partial charge in [0.05, 0.1) is 12.2 Å². The lowest BCUT2D eigenvalue weighted by Crippen LogP contribution is -2.12. The number of hydrogen-bond acceptors (Lipinski definition) is 5. The van der Waals surface area contributed by atoms with Gasteiger partial charge in [0.2, 0.25) is 0 Å². The molecule has 1 aliphatic heterocycles. The van der Waals surface area contributed by atoms with Crippen LogP contribution in [0.25, 0.3) is 22.4 Å². The molecule has 0 unspecified atom stereocenters. The third-order valence-electron chi connectivity index (χ3n) is 4.18. The molecule has 3 aromatic rings. The van der Waals surface area contributed by atoms with Gasteiger partial charge in [0.15, 0.2) is 11.6 Å². The summed E-state index contributed by atoms with van der Waals surface area (Å²) in [7, 11) is 0. The van der Waals surface area contributed by atoms with E-state index in [1.165, 1.54) is 4.68 Å². The van der Waals surface area contributed by atoms with Crippen molar-refractivity contribution in [2.24, 2.45) is 0 Å². The zero-order valence-electron chi connectivity index (χ0n) is 13.2. The molecule has 1 aliphatic rings. The predicted octanol–water partition coefficient (Wildman–Crippen LogP) is 2.59. The summed E-state index contributed by atoms with van der Waals surface area (Å²) >= 11 is 0. The minimum atomic E-state index is -0.960. The quantitative estimate of drug-likeness (QED) is 0.792. The smallest absolute Gasteiger partial charge is 0.325 e. The van der Waals surface area contributed by atoms with E-state index in [4.69, 9.17) is 9.15 Å². The first kappa shape index (κ1) is 14.9. The lowest BCUT2D eigenvalue weighted by Gasteiger charge is -2.03. The summed E-state index contributed by atoms with van der Waals surface area (Å²) in [5.74, 6) is 1.09. The van der Waals surface area contributed by atoms with E-state index in [-0.39, 0.29) is 12.5 Å². The number of aromatic nitrogens is 3. The SMILES string of the molecule is Cc1cc2cccc(-c3nc([C@@H]4CCOC4)nn3CC(=O)O)c2o1. The van der Waals surface area contributed by atoms with Crippen LogP contribution in [-0.4, -0.2) is 39.1 Å². The molecular weight excluding hydrogens is 310 g/mol. The Morgan fingerprint density at radius 2 is 2.33 bits per heavy atom. The Hall–Kier alpha value is -2.67. The Kier molecular flexibility index (Phi) is 3.57. The Morgan fingerprint density at radius 3 is 3.08 bits per heavy atom. The lowest BCUT2D eigenvalue weighted by molar-refractivity contribution is -0.137. The van der Waals surface area contributed by atoms with Gasteiger partial charge in [-0.25, -0.2) is 9.67 Å². The molecule has 124 valence electrons. The Labute approximate surface area is 137 Å². The molecule has 0 bridgehead atoms. The Morgan fingerprint density at radius 1 is 1.46 bits per heavy atom. The number of aryl methyl sites for hydroxylation is 1. The average molecular weight is 327 g/mol. The number of carboxylic acids is 1. The summed E-state index contributed by atoms with van der Waals surface area (Å²) in [6.07, 6.45) is 0.848. The molecule has 7 heteroatoms. The molecule has 0 aliphatic carbocycles. The van der Waals surface area contributed by atoms with Gasteiger partial charge in [-0.1, -0.05) is 12.1 Å². The Balaban J connectivity index is 1.86. The number of hydrogen-bond donors (Lipinski definition) is 1. The highest BCUT2D eigenvalue weighted by atomic mass is 16.5. The van der Waals surface area contributed by atoms with Gasteiger partial charge in [-0.15, -0.1) is 0 Å². The molecule has 0 radical (unpaired) electrons. The lowest BCUT2D eigenvalue weighted by atomic mass is 10.1. The van der Waals surface area contributed by atoms with Gasteiger partial charge in [0.1, 0.15) is 17.9 Å². The van der Waals surface area contributed by atoms with Crippen molar-refractivity contribution in [1.82, 2.24) is 14.8 Å². The van der Waals surface area contributed by atoms with Gasteiger partial charge in [0, 0.05) is 17.9 Å². The van der Waals surface area contributed by atoms with Crippen LogP contribution < -0.4 is 0 Å². The first-order valence-corrected chi connectivity index (χ1v) is 7.85. The second kappa shape index (κ2) is 5.76. The third kappa shape index (κ3) is 2.56. The van der Waals surface area contributed by atoms with E-state index in [1.807, 2.05) is 31.2 Å². The zero-order chi connectivity index (χ0) is 16.7. The van der Waals surface area contributed by atoms with Crippen molar-refractivity contribution in [1.29, 1.82) is 0 Å². The van der Waals surface area contributed by atoms with Crippen LogP contribution in [0.1, 0.15) is 23.9 Å². The van der Waals surface area contributed by atoms with E-state index in [0.717, 1.165) is 23.1 Å². The second-order valence-electron chi connectivity index (χ2n) is 5.99. The third-order valence-corrected chi connectivity index (χ3v) is 4.18. The maximum absolute atomic E-state index is 11.2. The van der Waals surface area contributed by atoms with Crippen molar-refractivity contribution in [2.45, 2.75) is 25.8 Å². The summed E-state index contributed by atoms with van der Waals surface area (Å²) in [5, 5.41) is 14.6. The molecule has 3 heterocycles. The van der Waals surface area contributed by atoms with Crippen LogP contribution in [0.3, 0.4) is 0 Å². The van der Waals surface area contributed by atoms with Gasteiger partial charge in [0.25, 0.3) is 0 Å². The molecule has 2 aromatic heterocycles. The van der Waals surface area contributed by atoms with Gasteiger partial charge in [-0.05, 0) is 25.5 Å². The number of aliphatic carboxylic acids is 1. The molecule has 1 N–H and O–H groups in total. The molecule has 1 fully saturated rings. The van der Waals surface area contributed by atoms with E-state index in [1.54, 1.807) is 0 Å². The number of ether oxygens (including phenoxy) is 1. The number of carboxylic acid groups (broad SMARTS) is 1. The molecule has 1 saturated heterocycles. The number of fused-ring (bicyclic) bond motifs is 1. The van der Waals surface area contributed by atoms with Crippen molar-refractivity contribution in [3.8, 4) is 11.4 Å². The number of benzene rings is 1. The highest BCUT2D eigenvalue weighted by Gasteiger charge is 2.25. The highest BCUT2D eigenvalue weighted by molar-refractivity contribution is 5.91. The van der Waals surface area contributed by atoms with Crippen molar-refractivity contribution in [2.75, 3.05) is 13.2 Å². The Bertz CT molecular complexity index is 906. The molecular formula is C17H17N3O4. The summed E-state index contributed by atoms with van der Waals surface area (Å²) in [5.41, 5.74) is 1.45. The number of rotatable bonds is 4. The average Bonchev–Trinajstić information content (AvgIpc) is 3.23. The summed E-state index contributed by atoms with van der Waals surface area (Å²) < 4.78 is 12.6. The molecule has 0 amide bonds. The van der Waals surface area contributed by atoms with Gasteiger partial charge < -0.3 is 14.3 Å². The van der Waals surface area contributed by atoms with E-state index < -0.39 is 5.97 Å². The number of furan rings is 1. The number of nitrogens with zero attached hydrogens (tertiary/aromatic N) is 3. The number of carbonyl (C=O) groups is 1. The van der Waals surface area contributed by atoms with Crippen LogP contribution in [0.4, 0.5) is 0 Å². The van der Waals surface area contributed by atoms with E-state index in [9.17, 15) is 9.90 Å². The van der Waals surface area contributed by atoms with E-state index in [0.29, 0.717) is 30.4 Å². The van der Waals surface area contributed by atoms with Gasteiger partial charge in [-0.3, -0.25) is 4.79 Å². The molecule has 0 spiro atoms. The summed E-state index contributed by atoms with van der Waals surface area (Å²) in [4.78, 5) is 15.8. The summed E-state index contributed by atoms with van der Waals surface area (Å²) in [6.45, 7) is 2.89. The summed E-state index contributed by atoms with van der Waals surface area (Å²) in [6, 6.07) is 7.69. The standard InChI is InChI=1S/C17H17N3O4/c1-10-7-11-3-2-4-13(15(11)24-10)17-18-16(12-5-6-23-9-12)19-20(17)8-14(21)22/h2-4,7,12H,5-6,8-9H2,1H3,(H,21,22)/t12-/m1/s1. The van der Waals surface area contributed by atoms with Gasteiger partial charge in [-0.2, -0.15) is 5.10 Å². The zero-order valence-corrected chi connectivity index (χ0v) is 13.2. The molecule has 4 rings (SSSR count). The van der Waals surface area contributed by atoms with Crippen molar-refractivity contribution >= 4 is 16.9 Å². The maximum Gasteiger partial charge on any atom is 0.325 e. The molecule has 1 atom stereocenters. The highest BCUT2D eigenvalue weighted by Crippen LogP contribution is 2.31. The normalized spacial score (nSPS) is 17.6. The van der Waals surface area contributed by atoms with Crippen LogP contribution in [0.2, 0.25) is 0 Å². The number of para-hydroxylation sites is 1. The molecule has 0 saturated carbocycles. The fourth-order valence-corrected chi connectivity index (χ4v) is 3.08. The maximum atomic E-state index is 11.2. The molecule has 7 nitrogen and oxygen atoms in total. The van der Waals surface area contributed by atoms with Crippen molar-refractivity contribution in [3.05, 3.63) is 35.9 Å².